The molecule has 0 bridgehead atoms. The maximum absolute atomic E-state index is 3.92. The summed E-state index contributed by atoms with van der Waals surface area (Å²) in [6, 6.07) is 2.99. The van der Waals surface area contributed by atoms with Crippen LogP contribution in [0.1, 0.15) is 13.8 Å². The maximum Gasteiger partial charge on any atom is 0.323 e. The van der Waals surface area contributed by atoms with E-state index in [0.29, 0.717) is 6.04 Å². The van der Waals surface area contributed by atoms with Crippen molar-refractivity contribution in [2.45, 2.75) is 19.9 Å². The van der Waals surface area contributed by atoms with Crippen molar-refractivity contribution in [3.8, 4) is 6.07 Å². The van der Waals surface area contributed by atoms with Gasteiger partial charge in [0.15, 0.2) is 0 Å². The Morgan fingerprint density at radius 1 is 1.62 bits per heavy atom. The molecule has 0 atom stereocenters. The summed E-state index contributed by atoms with van der Waals surface area (Å²) >= 11 is 0. The molecule has 0 heterocycles. The minimum absolute atomic E-state index is 0.327. The Morgan fingerprint density at radius 2 is 2.25 bits per heavy atom. The molecule has 0 aliphatic rings. The van der Waals surface area contributed by atoms with Crippen molar-refractivity contribution in [1.29, 1.82) is 0 Å². The van der Waals surface area contributed by atoms with Gasteiger partial charge in [-0.15, -0.1) is 0 Å². The standard InChI is InChI=1S/C6H11N2/c1-6(2)8-5-4-7-3/h4,6H,1-3H3/q+1. The molecule has 0 saturated carbocycles. The van der Waals surface area contributed by atoms with E-state index in [9.17, 15) is 0 Å². The highest BCUT2D eigenvalue weighted by atomic mass is 14.7. The molecule has 0 fully saturated rings. The first-order chi connectivity index (χ1) is 3.77. The summed E-state index contributed by atoms with van der Waals surface area (Å²) in [5, 5.41) is 0. The van der Waals surface area contributed by atoms with Gasteiger partial charge in [0, 0.05) is 20.9 Å². The lowest BCUT2D eigenvalue weighted by Gasteiger charge is -1.67. The highest BCUT2D eigenvalue weighted by molar-refractivity contribution is 5.76. The van der Waals surface area contributed by atoms with Gasteiger partial charge in [-0.25, -0.2) is 0 Å². The van der Waals surface area contributed by atoms with Crippen LogP contribution in [0.25, 0.3) is 4.85 Å². The lowest BCUT2D eigenvalue weighted by Crippen LogP contribution is -1.80. The third-order valence-electron chi connectivity index (χ3n) is 0.520. The van der Waals surface area contributed by atoms with E-state index in [1.54, 1.807) is 13.3 Å². The molecule has 0 aromatic carbocycles. The summed E-state index contributed by atoms with van der Waals surface area (Å²) in [5.41, 5.74) is 0. The Morgan fingerprint density at radius 3 is 2.62 bits per heavy atom. The van der Waals surface area contributed by atoms with Crippen LogP contribution >= 0.6 is 0 Å². The van der Waals surface area contributed by atoms with Gasteiger partial charge in [-0.2, -0.15) is 0 Å². The van der Waals surface area contributed by atoms with E-state index in [4.69, 9.17) is 0 Å². The SMILES string of the molecule is CN=CC#[N+]C(C)C. The number of nitrogens with zero attached hydrogens (tertiary/aromatic N) is 2. The molecule has 0 amide bonds. The van der Waals surface area contributed by atoms with Crippen LogP contribution in [0.3, 0.4) is 0 Å². The van der Waals surface area contributed by atoms with Gasteiger partial charge >= 0.3 is 6.07 Å². The number of rotatable bonds is 0. The van der Waals surface area contributed by atoms with Crippen LogP contribution in [-0.4, -0.2) is 19.3 Å². The minimum atomic E-state index is 0.327. The zero-order valence-electron chi connectivity index (χ0n) is 5.55. The van der Waals surface area contributed by atoms with Crippen molar-refractivity contribution in [3.63, 3.8) is 0 Å². The molecule has 0 rings (SSSR count). The second-order valence-corrected chi connectivity index (χ2v) is 1.74. The molecule has 0 radical (unpaired) electrons. The first-order valence-corrected chi connectivity index (χ1v) is 2.63. The van der Waals surface area contributed by atoms with Gasteiger partial charge in [-0.3, -0.25) is 4.99 Å². The molecule has 0 aliphatic carbocycles. The second kappa shape index (κ2) is 4.32. The average molecular weight is 111 g/mol. The fourth-order valence-electron chi connectivity index (χ4n) is 0.240. The fraction of sp³-hybridized carbons (Fsp3) is 0.667. The lowest BCUT2D eigenvalue weighted by molar-refractivity contribution is 0.978. The third kappa shape index (κ3) is 5.16. The molecule has 0 saturated heterocycles. The Bertz CT molecular complexity index is 125. The Kier molecular flexibility index (Phi) is 3.87. The van der Waals surface area contributed by atoms with Crippen LogP contribution in [0.2, 0.25) is 0 Å². The van der Waals surface area contributed by atoms with Gasteiger partial charge in [0.1, 0.15) is 6.21 Å². The Hall–Kier alpha value is -0.840. The fourth-order valence-corrected chi connectivity index (χ4v) is 0.240. The Labute approximate surface area is 50.1 Å². The highest BCUT2D eigenvalue weighted by Crippen LogP contribution is 1.81. The molecule has 0 aliphatic heterocycles. The van der Waals surface area contributed by atoms with E-state index < -0.39 is 0 Å². The molecule has 0 aromatic rings. The summed E-state index contributed by atoms with van der Waals surface area (Å²) in [4.78, 5) is 7.59. The zero-order valence-corrected chi connectivity index (χ0v) is 5.55. The molecule has 0 aromatic heterocycles. The van der Waals surface area contributed by atoms with Crippen molar-refractivity contribution in [2.75, 3.05) is 7.05 Å². The van der Waals surface area contributed by atoms with E-state index in [2.05, 4.69) is 15.9 Å². The summed E-state index contributed by atoms with van der Waals surface area (Å²) < 4.78 is 0. The smallest absolute Gasteiger partial charge is 0.281 e. The van der Waals surface area contributed by atoms with Crippen molar-refractivity contribution in [1.82, 2.24) is 0 Å². The normalized spacial score (nSPS) is 9.50. The van der Waals surface area contributed by atoms with Gasteiger partial charge in [-0.05, 0) is 0 Å². The minimum Gasteiger partial charge on any atom is -0.281 e. The molecular weight excluding hydrogens is 100 g/mol. The van der Waals surface area contributed by atoms with Gasteiger partial charge < -0.3 is 0 Å². The predicted octanol–water partition coefficient (Wildman–Crippen LogP) is 1.43. The Balaban J connectivity index is 3.51. The monoisotopic (exact) mass is 111 g/mol. The summed E-state index contributed by atoms with van der Waals surface area (Å²) in [6.07, 6.45) is 1.56. The lowest BCUT2D eigenvalue weighted by atomic mass is 10.4. The topological polar surface area (TPSA) is 16.7 Å². The first kappa shape index (κ1) is 7.16. The van der Waals surface area contributed by atoms with Crippen molar-refractivity contribution < 1.29 is 0 Å². The molecular formula is C6H11N2+. The van der Waals surface area contributed by atoms with Gasteiger partial charge in [-0.1, -0.05) is 4.85 Å². The second-order valence-electron chi connectivity index (χ2n) is 1.74. The average Bonchev–Trinajstić information content (AvgIpc) is 1.66. The molecule has 44 valence electrons. The maximum atomic E-state index is 3.92. The van der Waals surface area contributed by atoms with Crippen LogP contribution in [0.5, 0.6) is 0 Å². The van der Waals surface area contributed by atoms with Crippen LogP contribution in [-0.2, 0) is 0 Å². The molecule has 0 spiro atoms. The van der Waals surface area contributed by atoms with Crippen LogP contribution < -0.4 is 0 Å². The predicted molar refractivity (Wildman–Crippen MR) is 36.8 cm³/mol. The molecule has 2 nitrogen and oxygen atoms in total. The molecule has 8 heavy (non-hydrogen) atoms. The van der Waals surface area contributed by atoms with E-state index >= 15 is 0 Å². The summed E-state index contributed by atoms with van der Waals surface area (Å²) in [7, 11) is 1.70. The van der Waals surface area contributed by atoms with Gasteiger partial charge in [0.2, 0.25) is 0 Å². The number of hydrogen-bond acceptors (Lipinski definition) is 1. The van der Waals surface area contributed by atoms with Crippen LogP contribution in [0, 0.1) is 6.07 Å². The van der Waals surface area contributed by atoms with E-state index in [1.165, 1.54) is 0 Å². The zero-order chi connectivity index (χ0) is 6.41. The van der Waals surface area contributed by atoms with Crippen molar-refractivity contribution in [2.24, 2.45) is 4.99 Å². The van der Waals surface area contributed by atoms with Crippen molar-refractivity contribution >= 4 is 6.21 Å². The van der Waals surface area contributed by atoms with Crippen LogP contribution in [0.15, 0.2) is 4.99 Å². The van der Waals surface area contributed by atoms with E-state index in [-0.39, 0.29) is 0 Å². The molecule has 0 N–H and O–H groups in total. The largest absolute Gasteiger partial charge is 0.323 e. The van der Waals surface area contributed by atoms with E-state index in [1.807, 2.05) is 13.8 Å². The van der Waals surface area contributed by atoms with Crippen molar-refractivity contribution in [3.05, 3.63) is 4.85 Å². The number of aliphatic imine (C=N–C) groups is 1. The first-order valence-electron chi connectivity index (χ1n) is 2.63. The van der Waals surface area contributed by atoms with Gasteiger partial charge in [0.25, 0.3) is 6.04 Å². The number of hydrogen-bond donors (Lipinski definition) is 0. The third-order valence-corrected chi connectivity index (χ3v) is 0.520. The summed E-state index contributed by atoms with van der Waals surface area (Å²) in [6.45, 7) is 3.99. The molecule has 0 unspecified atom stereocenters. The van der Waals surface area contributed by atoms with E-state index in [0.717, 1.165) is 0 Å². The van der Waals surface area contributed by atoms with Gasteiger partial charge in [0.05, 0.1) is 0 Å². The van der Waals surface area contributed by atoms with Crippen LogP contribution in [0.4, 0.5) is 0 Å². The quantitative estimate of drug-likeness (QED) is 0.420. The summed E-state index contributed by atoms with van der Waals surface area (Å²) in [5.74, 6) is 0. The highest BCUT2D eigenvalue weighted by Gasteiger charge is 1.93. The molecule has 2 heteroatoms.